The summed E-state index contributed by atoms with van der Waals surface area (Å²) in [6.45, 7) is 10.1. The maximum Gasteiger partial charge on any atom is 0.0396 e. The molecule has 2 heteroatoms. The molecule has 2 nitrogen and oxygen atoms in total. The number of hydrogen-bond donors (Lipinski definition) is 1. The number of benzene rings is 1. The van der Waals surface area contributed by atoms with Crippen molar-refractivity contribution in [2.45, 2.75) is 39.7 Å². The summed E-state index contributed by atoms with van der Waals surface area (Å²) < 4.78 is 0. The third-order valence-corrected chi connectivity index (χ3v) is 3.75. The van der Waals surface area contributed by atoms with Gasteiger partial charge in [0.05, 0.1) is 0 Å². The molecule has 1 unspecified atom stereocenters. The van der Waals surface area contributed by atoms with E-state index in [-0.39, 0.29) is 0 Å². The second kappa shape index (κ2) is 5.54. The molecule has 0 amide bonds. The number of nitrogens with zero attached hydrogens (tertiary/aromatic N) is 1. The van der Waals surface area contributed by atoms with Gasteiger partial charge in [0.15, 0.2) is 0 Å². The minimum absolute atomic E-state index is 0.700. The lowest BCUT2D eigenvalue weighted by Crippen LogP contribution is -2.30. The van der Waals surface area contributed by atoms with Crippen LogP contribution in [0.4, 0.5) is 5.69 Å². The third kappa shape index (κ3) is 3.01. The minimum atomic E-state index is 0.700. The molecule has 1 fully saturated rings. The van der Waals surface area contributed by atoms with E-state index in [4.69, 9.17) is 0 Å². The predicted molar refractivity (Wildman–Crippen MR) is 74.8 cm³/mol. The first-order valence-electron chi connectivity index (χ1n) is 6.76. The van der Waals surface area contributed by atoms with E-state index in [0.717, 1.165) is 13.1 Å². The molecule has 1 aliphatic rings. The standard InChI is InChI=1S/C15H24N2/c1-4-14-7-9-17(10-8-16-14)15-6-5-12(2)11-13(15)3/h5-6,11,14,16H,4,7-10H2,1-3H3. The largest absolute Gasteiger partial charge is 0.370 e. The Balaban J connectivity index is 2.11. The molecule has 0 aliphatic carbocycles. The van der Waals surface area contributed by atoms with Crippen LogP contribution in [0, 0.1) is 13.8 Å². The molecule has 1 aromatic carbocycles. The molecular formula is C15H24N2. The van der Waals surface area contributed by atoms with E-state index in [1.54, 1.807) is 0 Å². The van der Waals surface area contributed by atoms with Crippen molar-refractivity contribution < 1.29 is 0 Å². The normalized spacial score (nSPS) is 21.4. The van der Waals surface area contributed by atoms with E-state index in [9.17, 15) is 0 Å². The zero-order chi connectivity index (χ0) is 12.3. The smallest absolute Gasteiger partial charge is 0.0396 e. The van der Waals surface area contributed by atoms with Crippen LogP contribution in [0.1, 0.15) is 30.9 Å². The average molecular weight is 232 g/mol. The molecule has 0 radical (unpaired) electrons. The Bertz CT molecular complexity index is 373. The van der Waals surface area contributed by atoms with Gasteiger partial charge in [0.2, 0.25) is 0 Å². The van der Waals surface area contributed by atoms with E-state index < -0.39 is 0 Å². The van der Waals surface area contributed by atoms with Gasteiger partial charge in [-0.15, -0.1) is 0 Å². The zero-order valence-corrected chi connectivity index (χ0v) is 11.3. The monoisotopic (exact) mass is 232 g/mol. The van der Waals surface area contributed by atoms with Crippen LogP contribution in [-0.2, 0) is 0 Å². The van der Waals surface area contributed by atoms with E-state index >= 15 is 0 Å². The van der Waals surface area contributed by atoms with Crippen molar-refractivity contribution in [1.82, 2.24) is 5.32 Å². The second-order valence-corrected chi connectivity index (χ2v) is 5.12. The number of rotatable bonds is 2. The minimum Gasteiger partial charge on any atom is -0.370 e. The number of nitrogens with one attached hydrogen (secondary N) is 1. The molecular weight excluding hydrogens is 208 g/mol. The molecule has 94 valence electrons. The maximum absolute atomic E-state index is 3.62. The number of anilines is 1. The molecule has 0 saturated carbocycles. The summed E-state index contributed by atoms with van der Waals surface area (Å²) in [4.78, 5) is 2.53. The Labute approximate surface area is 105 Å². The van der Waals surface area contributed by atoms with Crippen LogP contribution in [0.15, 0.2) is 18.2 Å². The number of aryl methyl sites for hydroxylation is 2. The van der Waals surface area contributed by atoms with Gasteiger partial charge in [-0.2, -0.15) is 0 Å². The predicted octanol–water partition coefficient (Wildman–Crippen LogP) is 2.88. The van der Waals surface area contributed by atoms with Crippen molar-refractivity contribution in [3.63, 3.8) is 0 Å². The summed E-state index contributed by atoms with van der Waals surface area (Å²) in [6.07, 6.45) is 2.49. The van der Waals surface area contributed by atoms with Crippen LogP contribution < -0.4 is 10.2 Å². The fraction of sp³-hybridized carbons (Fsp3) is 0.600. The van der Waals surface area contributed by atoms with Crippen molar-refractivity contribution in [3.05, 3.63) is 29.3 Å². The van der Waals surface area contributed by atoms with E-state index in [2.05, 4.69) is 49.2 Å². The summed E-state index contributed by atoms with van der Waals surface area (Å²) in [5.41, 5.74) is 4.17. The molecule has 1 aromatic rings. The van der Waals surface area contributed by atoms with Gasteiger partial charge in [-0.3, -0.25) is 0 Å². The topological polar surface area (TPSA) is 15.3 Å². The Hall–Kier alpha value is -1.02. The lowest BCUT2D eigenvalue weighted by atomic mass is 10.1. The maximum atomic E-state index is 3.62. The summed E-state index contributed by atoms with van der Waals surface area (Å²) >= 11 is 0. The highest BCUT2D eigenvalue weighted by Crippen LogP contribution is 2.22. The average Bonchev–Trinajstić information content (AvgIpc) is 2.54. The van der Waals surface area contributed by atoms with Crippen LogP contribution in [0.25, 0.3) is 0 Å². The van der Waals surface area contributed by atoms with Crippen molar-refractivity contribution in [2.24, 2.45) is 0 Å². The van der Waals surface area contributed by atoms with Gasteiger partial charge in [0, 0.05) is 31.4 Å². The molecule has 0 bridgehead atoms. The van der Waals surface area contributed by atoms with Gasteiger partial charge in [-0.05, 0) is 38.3 Å². The van der Waals surface area contributed by atoms with Gasteiger partial charge < -0.3 is 10.2 Å². The van der Waals surface area contributed by atoms with Gasteiger partial charge >= 0.3 is 0 Å². The summed E-state index contributed by atoms with van der Waals surface area (Å²) in [5.74, 6) is 0. The molecule has 1 heterocycles. The lowest BCUT2D eigenvalue weighted by Gasteiger charge is -2.24. The highest BCUT2D eigenvalue weighted by atomic mass is 15.2. The van der Waals surface area contributed by atoms with Crippen LogP contribution in [0.3, 0.4) is 0 Å². The second-order valence-electron chi connectivity index (χ2n) is 5.12. The summed E-state index contributed by atoms with van der Waals surface area (Å²) in [7, 11) is 0. The lowest BCUT2D eigenvalue weighted by molar-refractivity contribution is 0.510. The fourth-order valence-electron chi connectivity index (χ4n) is 2.68. The Morgan fingerprint density at radius 3 is 2.82 bits per heavy atom. The molecule has 1 N–H and O–H groups in total. The van der Waals surface area contributed by atoms with Crippen LogP contribution >= 0.6 is 0 Å². The van der Waals surface area contributed by atoms with E-state index in [1.807, 2.05) is 0 Å². The Morgan fingerprint density at radius 1 is 1.29 bits per heavy atom. The first kappa shape index (κ1) is 12.4. The highest BCUT2D eigenvalue weighted by Gasteiger charge is 2.16. The summed E-state index contributed by atoms with van der Waals surface area (Å²) in [6, 6.07) is 7.48. The molecule has 17 heavy (non-hydrogen) atoms. The van der Waals surface area contributed by atoms with E-state index in [1.165, 1.54) is 36.2 Å². The van der Waals surface area contributed by atoms with E-state index in [0.29, 0.717) is 6.04 Å². The van der Waals surface area contributed by atoms with Crippen LogP contribution in [0.5, 0.6) is 0 Å². The van der Waals surface area contributed by atoms with Gasteiger partial charge in [0.1, 0.15) is 0 Å². The van der Waals surface area contributed by atoms with Crippen molar-refractivity contribution in [2.75, 3.05) is 24.5 Å². The van der Waals surface area contributed by atoms with Gasteiger partial charge in [-0.25, -0.2) is 0 Å². The van der Waals surface area contributed by atoms with Gasteiger partial charge in [-0.1, -0.05) is 24.6 Å². The van der Waals surface area contributed by atoms with Crippen LogP contribution in [-0.4, -0.2) is 25.7 Å². The van der Waals surface area contributed by atoms with Gasteiger partial charge in [0.25, 0.3) is 0 Å². The highest BCUT2D eigenvalue weighted by molar-refractivity contribution is 5.54. The molecule has 0 aromatic heterocycles. The van der Waals surface area contributed by atoms with Crippen LogP contribution in [0.2, 0.25) is 0 Å². The molecule has 1 aliphatic heterocycles. The molecule has 1 atom stereocenters. The molecule has 2 rings (SSSR count). The molecule has 1 saturated heterocycles. The SMILES string of the molecule is CCC1CCN(c2ccc(C)cc2C)CCN1. The van der Waals surface area contributed by atoms with Crippen molar-refractivity contribution in [1.29, 1.82) is 0 Å². The Morgan fingerprint density at radius 2 is 2.12 bits per heavy atom. The number of hydrogen-bond acceptors (Lipinski definition) is 2. The summed E-state index contributed by atoms with van der Waals surface area (Å²) in [5, 5.41) is 3.62. The first-order valence-corrected chi connectivity index (χ1v) is 6.76. The van der Waals surface area contributed by atoms with Crippen molar-refractivity contribution in [3.8, 4) is 0 Å². The zero-order valence-electron chi connectivity index (χ0n) is 11.3. The quantitative estimate of drug-likeness (QED) is 0.843. The Kier molecular flexibility index (Phi) is 4.06. The molecule has 0 spiro atoms. The fourth-order valence-corrected chi connectivity index (χ4v) is 2.68. The third-order valence-electron chi connectivity index (χ3n) is 3.75. The first-order chi connectivity index (χ1) is 8.20. The van der Waals surface area contributed by atoms with Crippen molar-refractivity contribution >= 4 is 5.69 Å².